The van der Waals surface area contributed by atoms with Crippen LogP contribution in [0, 0.1) is 29.6 Å². The fraction of sp³-hybridized carbons (Fsp3) is 0.417. The molecule has 33 heavy (non-hydrogen) atoms. The number of fused-ring (bicyclic) bond motifs is 1. The second-order valence-electron chi connectivity index (χ2n) is 8.30. The van der Waals surface area contributed by atoms with E-state index in [2.05, 4.69) is 10.7 Å². The van der Waals surface area contributed by atoms with Gasteiger partial charge >= 0.3 is 18.1 Å². The summed E-state index contributed by atoms with van der Waals surface area (Å²) in [5.41, 5.74) is -1.64. The van der Waals surface area contributed by atoms with Crippen molar-refractivity contribution in [2.24, 2.45) is 17.3 Å². The van der Waals surface area contributed by atoms with Gasteiger partial charge in [-0.1, -0.05) is 38.0 Å². The van der Waals surface area contributed by atoms with E-state index in [1.165, 1.54) is 19.1 Å². The highest BCUT2D eigenvalue weighted by Gasteiger charge is 2.62. The van der Waals surface area contributed by atoms with Gasteiger partial charge in [0.2, 0.25) is 5.83 Å². The zero-order valence-electron chi connectivity index (χ0n) is 18.3. The second kappa shape index (κ2) is 8.93. The van der Waals surface area contributed by atoms with Crippen LogP contribution in [0.5, 0.6) is 0 Å². The van der Waals surface area contributed by atoms with Gasteiger partial charge in [-0.3, -0.25) is 4.79 Å². The van der Waals surface area contributed by atoms with E-state index in [-0.39, 0.29) is 29.6 Å². The SMILES string of the molecule is C#CCn1c(C(F)(F)F)c(COC(=O)[C@@H]2[C@H](C=C(F)C(=O)OCC)C2(C)C)c2ccccc21. The molecular weight excluding hydrogens is 442 g/mol. The zero-order chi connectivity index (χ0) is 24.6. The van der Waals surface area contributed by atoms with Gasteiger partial charge in [0.25, 0.3) is 0 Å². The molecule has 2 atom stereocenters. The van der Waals surface area contributed by atoms with Crippen LogP contribution in [0.2, 0.25) is 0 Å². The van der Waals surface area contributed by atoms with Gasteiger partial charge < -0.3 is 14.0 Å². The van der Waals surface area contributed by atoms with Crippen molar-refractivity contribution in [1.29, 1.82) is 0 Å². The number of halogens is 4. The normalized spacial score (nSPS) is 19.8. The summed E-state index contributed by atoms with van der Waals surface area (Å²) in [4.78, 5) is 24.2. The standard InChI is InChI=1S/C24H23F4NO4/c1-5-11-29-18-10-8-7-9-14(18)15(20(29)24(26,27)28)13-33-22(31)19-16(23(19,3)4)12-17(25)21(30)32-6-2/h1,7-10,12,16,19H,6,11,13H2,2-4H3/t16-,19-/m0/s1. The lowest BCUT2D eigenvalue weighted by Crippen LogP contribution is -2.17. The average molecular weight is 465 g/mol. The van der Waals surface area contributed by atoms with Crippen LogP contribution in [0.3, 0.4) is 0 Å². The van der Waals surface area contributed by atoms with Crippen LogP contribution >= 0.6 is 0 Å². The van der Waals surface area contributed by atoms with Gasteiger partial charge in [-0.25, -0.2) is 4.79 Å². The fourth-order valence-corrected chi connectivity index (χ4v) is 4.20. The lowest BCUT2D eigenvalue weighted by atomic mass is 10.1. The largest absolute Gasteiger partial charge is 0.461 e. The Morgan fingerprint density at radius 2 is 1.91 bits per heavy atom. The number of terminal acetylenes is 1. The summed E-state index contributed by atoms with van der Waals surface area (Å²) in [5.74, 6) is -2.28. The van der Waals surface area contributed by atoms with Crippen LogP contribution in [0.1, 0.15) is 32.0 Å². The van der Waals surface area contributed by atoms with E-state index < -0.39 is 53.5 Å². The number of para-hydroxylation sites is 1. The third-order valence-electron chi connectivity index (χ3n) is 5.91. The Hall–Kier alpha value is -3.28. The molecular formula is C24H23F4NO4. The van der Waals surface area contributed by atoms with Gasteiger partial charge in [0.15, 0.2) is 0 Å². The second-order valence-corrected chi connectivity index (χ2v) is 8.30. The highest BCUT2D eigenvalue weighted by atomic mass is 19.4. The fourth-order valence-electron chi connectivity index (χ4n) is 4.20. The Morgan fingerprint density at radius 1 is 1.24 bits per heavy atom. The third-order valence-corrected chi connectivity index (χ3v) is 5.91. The van der Waals surface area contributed by atoms with Crippen molar-refractivity contribution in [1.82, 2.24) is 4.57 Å². The van der Waals surface area contributed by atoms with Gasteiger partial charge in [0, 0.05) is 16.5 Å². The summed E-state index contributed by atoms with van der Waals surface area (Å²) in [6.07, 6.45) is 1.55. The van der Waals surface area contributed by atoms with E-state index in [1.54, 1.807) is 26.0 Å². The topological polar surface area (TPSA) is 57.5 Å². The highest BCUT2D eigenvalue weighted by Crippen LogP contribution is 2.60. The maximum atomic E-state index is 14.0. The molecule has 1 saturated carbocycles. The lowest BCUT2D eigenvalue weighted by Gasteiger charge is -2.13. The Balaban J connectivity index is 1.87. The molecule has 176 valence electrons. The number of benzene rings is 1. The zero-order valence-corrected chi connectivity index (χ0v) is 18.3. The first-order valence-electron chi connectivity index (χ1n) is 10.3. The monoisotopic (exact) mass is 465 g/mol. The molecule has 0 unspecified atom stereocenters. The summed E-state index contributed by atoms with van der Waals surface area (Å²) >= 11 is 0. The molecule has 9 heteroatoms. The molecule has 1 aliphatic carbocycles. The van der Waals surface area contributed by atoms with Crippen molar-refractivity contribution in [3.05, 3.63) is 47.4 Å². The summed E-state index contributed by atoms with van der Waals surface area (Å²) < 4.78 is 66.6. The van der Waals surface area contributed by atoms with Gasteiger partial charge in [-0.15, -0.1) is 6.42 Å². The van der Waals surface area contributed by atoms with Gasteiger partial charge in [-0.05, 0) is 30.4 Å². The van der Waals surface area contributed by atoms with E-state index in [4.69, 9.17) is 11.2 Å². The molecule has 1 aromatic carbocycles. The van der Waals surface area contributed by atoms with E-state index in [0.29, 0.717) is 0 Å². The predicted octanol–water partition coefficient (Wildman–Crippen LogP) is 5.03. The highest BCUT2D eigenvalue weighted by molar-refractivity contribution is 5.88. The molecule has 0 aliphatic heterocycles. The number of ether oxygens (including phenoxy) is 2. The number of aromatic nitrogens is 1. The Labute approximate surface area is 188 Å². The van der Waals surface area contributed by atoms with Crippen molar-refractivity contribution in [3.8, 4) is 12.3 Å². The van der Waals surface area contributed by atoms with E-state index in [0.717, 1.165) is 10.6 Å². The Morgan fingerprint density at radius 3 is 2.52 bits per heavy atom. The lowest BCUT2D eigenvalue weighted by molar-refractivity contribution is -0.151. The molecule has 1 aliphatic rings. The van der Waals surface area contributed by atoms with Crippen LogP contribution in [-0.2, 0) is 38.4 Å². The molecule has 0 saturated heterocycles. The van der Waals surface area contributed by atoms with Crippen LogP contribution in [0.25, 0.3) is 10.9 Å². The van der Waals surface area contributed by atoms with Crippen molar-refractivity contribution in [2.45, 2.75) is 40.1 Å². The number of rotatable bonds is 7. The molecule has 1 fully saturated rings. The molecule has 0 amide bonds. The smallest absolute Gasteiger partial charge is 0.431 e. The minimum Gasteiger partial charge on any atom is -0.461 e. The summed E-state index contributed by atoms with van der Waals surface area (Å²) in [6.45, 7) is 3.95. The average Bonchev–Trinajstić information content (AvgIpc) is 3.12. The number of carbonyl (C=O) groups excluding carboxylic acids is 2. The first-order chi connectivity index (χ1) is 15.4. The first kappa shape index (κ1) is 24.4. The van der Waals surface area contributed by atoms with Crippen LogP contribution in [-0.4, -0.2) is 23.1 Å². The molecule has 3 rings (SSSR count). The quantitative estimate of drug-likeness (QED) is 0.249. The van der Waals surface area contributed by atoms with Gasteiger partial charge in [0.1, 0.15) is 12.3 Å². The van der Waals surface area contributed by atoms with Crippen LogP contribution < -0.4 is 0 Å². The maximum absolute atomic E-state index is 14.0. The van der Waals surface area contributed by atoms with Crippen LogP contribution in [0.15, 0.2) is 36.2 Å². The first-order valence-corrected chi connectivity index (χ1v) is 10.3. The maximum Gasteiger partial charge on any atom is 0.431 e. The molecule has 2 aromatic rings. The number of alkyl halides is 3. The number of hydrogen-bond donors (Lipinski definition) is 0. The summed E-state index contributed by atoms with van der Waals surface area (Å²) in [6, 6.07) is 6.18. The van der Waals surface area contributed by atoms with Gasteiger partial charge in [-0.2, -0.15) is 17.6 Å². The van der Waals surface area contributed by atoms with Crippen molar-refractivity contribution < 1.29 is 36.6 Å². The van der Waals surface area contributed by atoms with Crippen molar-refractivity contribution in [3.63, 3.8) is 0 Å². The molecule has 0 radical (unpaired) electrons. The van der Waals surface area contributed by atoms with Crippen LogP contribution in [0.4, 0.5) is 17.6 Å². The molecule has 0 spiro atoms. The number of esters is 2. The van der Waals surface area contributed by atoms with Gasteiger partial charge in [0.05, 0.1) is 19.1 Å². The molecule has 0 N–H and O–H groups in total. The third kappa shape index (κ3) is 4.61. The predicted molar refractivity (Wildman–Crippen MR) is 112 cm³/mol. The Bertz CT molecular complexity index is 1150. The molecule has 1 aromatic heterocycles. The Kier molecular flexibility index (Phi) is 6.59. The number of hydrogen-bond acceptors (Lipinski definition) is 4. The summed E-state index contributed by atoms with van der Waals surface area (Å²) in [7, 11) is 0. The van der Waals surface area contributed by atoms with E-state index in [1.807, 2.05) is 0 Å². The molecule has 1 heterocycles. The number of allylic oxidation sites excluding steroid dienone is 1. The molecule has 5 nitrogen and oxygen atoms in total. The van der Waals surface area contributed by atoms with E-state index in [9.17, 15) is 27.2 Å². The van der Waals surface area contributed by atoms with Crippen molar-refractivity contribution in [2.75, 3.05) is 6.61 Å². The van der Waals surface area contributed by atoms with E-state index >= 15 is 0 Å². The number of carbonyl (C=O) groups is 2. The molecule has 0 bridgehead atoms. The number of nitrogens with zero attached hydrogens (tertiary/aromatic N) is 1. The summed E-state index contributed by atoms with van der Waals surface area (Å²) in [5, 5.41) is 0.271. The van der Waals surface area contributed by atoms with Crippen molar-refractivity contribution >= 4 is 22.8 Å². The minimum atomic E-state index is -4.73. The minimum absolute atomic E-state index is 0.00551.